The van der Waals surface area contributed by atoms with Crippen LogP contribution >= 0.6 is 0 Å². The van der Waals surface area contributed by atoms with Crippen LogP contribution in [0.3, 0.4) is 0 Å². The monoisotopic (exact) mass is 261 g/mol. The summed E-state index contributed by atoms with van der Waals surface area (Å²) in [6, 6.07) is 6.11. The van der Waals surface area contributed by atoms with Crippen LogP contribution in [0.4, 0.5) is 0 Å². The minimum atomic E-state index is 0.134. The van der Waals surface area contributed by atoms with E-state index in [2.05, 4.69) is 42.9 Å². The van der Waals surface area contributed by atoms with Gasteiger partial charge in [-0.15, -0.1) is 0 Å². The molecule has 106 valence electrons. The molecule has 1 aromatic rings. The largest absolute Gasteiger partial charge is 0.329 e. The minimum absolute atomic E-state index is 0.134. The van der Waals surface area contributed by atoms with Gasteiger partial charge >= 0.3 is 0 Å². The molecule has 0 bridgehead atoms. The van der Waals surface area contributed by atoms with E-state index >= 15 is 0 Å². The van der Waals surface area contributed by atoms with Gasteiger partial charge in [0.25, 0.3) is 0 Å². The predicted octanol–water partition coefficient (Wildman–Crippen LogP) is 2.67. The number of likely N-dealkylation sites (N-methyl/N-ethyl adjacent to an activating group) is 1. The van der Waals surface area contributed by atoms with Crippen LogP contribution in [0.15, 0.2) is 24.4 Å². The van der Waals surface area contributed by atoms with Crippen LogP contribution in [0.1, 0.15) is 38.8 Å². The van der Waals surface area contributed by atoms with Crippen LogP contribution in [0.2, 0.25) is 0 Å². The molecule has 0 aliphatic heterocycles. The Balaban J connectivity index is 2.15. The van der Waals surface area contributed by atoms with Gasteiger partial charge in [-0.3, -0.25) is 9.88 Å². The maximum absolute atomic E-state index is 6.18. The van der Waals surface area contributed by atoms with Crippen LogP contribution in [0.25, 0.3) is 0 Å². The summed E-state index contributed by atoms with van der Waals surface area (Å²) in [6.45, 7) is 6.33. The highest BCUT2D eigenvalue weighted by atomic mass is 15.2. The molecule has 1 aromatic heterocycles. The second-order valence-corrected chi connectivity index (χ2v) is 6.27. The molecule has 0 amide bonds. The summed E-state index contributed by atoms with van der Waals surface area (Å²) in [5.74, 6) is 1.42. The van der Waals surface area contributed by atoms with E-state index in [0.29, 0.717) is 5.92 Å². The highest BCUT2D eigenvalue weighted by molar-refractivity contribution is 5.06. The quantitative estimate of drug-likeness (QED) is 0.906. The van der Waals surface area contributed by atoms with E-state index in [0.717, 1.165) is 24.7 Å². The molecule has 2 rings (SSSR count). The van der Waals surface area contributed by atoms with E-state index in [1.54, 1.807) is 0 Å². The lowest BCUT2D eigenvalue weighted by molar-refractivity contribution is 0.00832. The van der Waals surface area contributed by atoms with Crippen molar-refractivity contribution in [2.45, 2.75) is 45.2 Å². The third-order valence-electron chi connectivity index (χ3n) is 4.95. The van der Waals surface area contributed by atoms with Crippen LogP contribution in [0.5, 0.6) is 0 Å². The van der Waals surface area contributed by atoms with E-state index in [1.165, 1.54) is 19.3 Å². The Morgan fingerprint density at radius 2 is 2.16 bits per heavy atom. The van der Waals surface area contributed by atoms with Crippen molar-refractivity contribution in [3.8, 4) is 0 Å². The lowest BCUT2D eigenvalue weighted by Gasteiger charge is -2.50. The molecule has 1 aliphatic carbocycles. The van der Waals surface area contributed by atoms with Crippen molar-refractivity contribution < 1.29 is 0 Å². The van der Waals surface area contributed by atoms with Crippen molar-refractivity contribution in [3.05, 3.63) is 30.1 Å². The molecule has 1 fully saturated rings. The van der Waals surface area contributed by atoms with Gasteiger partial charge in [0, 0.05) is 24.8 Å². The van der Waals surface area contributed by atoms with Crippen molar-refractivity contribution >= 4 is 0 Å². The minimum Gasteiger partial charge on any atom is -0.329 e. The normalized spacial score (nSPS) is 31.6. The van der Waals surface area contributed by atoms with Gasteiger partial charge in [0.1, 0.15) is 0 Å². The first kappa shape index (κ1) is 14.5. The summed E-state index contributed by atoms with van der Waals surface area (Å²) < 4.78 is 0. The van der Waals surface area contributed by atoms with E-state index in [4.69, 9.17) is 5.73 Å². The molecular formula is C16H27N3. The number of hydrogen-bond donors (Lipinski definition) is 1. The Bertz CT molecular complexity index is 392. The zero-order valence-electron chi connectivity index (χ0n) is 12.5. The predicted molar refractivity (Wildman–Crippen MR) is 79.7 cm³/mol. The average molecular weight is 261 g/mol. The van der Waals surface area contributed by atoms with Gasteiger partial charge in [-0.25, -0.2) is 0 Å². The fraction of sp³-hybridized carbons (Fsp3) is 0.688. The molecule has 3 heteroatoms. The van der Waals surface area contributed by atoms with Crippen molar-refractivity contribution in [2.75, 3.05) is 13.6 Å². The van der Waals surface area contributed by atoms with Gasteiger partial charge in [0.05, 0.1) is 5.69 Å². The van der Waals surface area contributed by atoms with E-state index < -0.39 is 0 Å². The number of nitrogens with two attached hydrogens (primary N) is 1. The molecule has 0 aromatic carbocycles. The third-order valence-corrected chi connectivity index (χ3v) is 4.95. The zero-order valence-corrected chi connectivity index (χ0v) is 12.5. The summed E-state index contributed by atoms with van der Waals surface area (Å²) in [6.07, 6.45) is 5.69. The first-order chi connectivity index (χ1) is 9.08. The standard InChI is InChI=1S/C16H27N3/c1-13-7-8-14(2)16(10-13,12-17)19(3)11-15-6-4-5-9-18-15/h4-6,9,13-14H,7-8,10-12,17H2,1-3H3. The van der Waals surface area contributed by atoms with Crippen molar-refractivity contribution in [2.24, 2.45) is 17.6 Å². The van der Waals surface area contributed by atoms with Crippen molar-refractivity contribution in [1.82, 2.24) is 9.88 Å². The van der Waals surface area contributed by atoms with E-state index in [-0.39, 0.29) is 5.54 Å². The number of hydrogen-bond acceptors (Lipinski definition) is 3. The molecule has 0 spiro atoms. The van der Waals surface area contributed by atoms with Crippen LogP contribution in [-0.4, -0.2) is 29.0 Å². The number of aromatic nitrogens is 1. The Morgan fingerprint density at radius 3 is 2.79 bits per heavy atom. The van der Waals surface area contributed by atoms with E-state index in [9.17, 15) is 0 Å². The molecule has 1 heterocycles. The van der Waals surface area contributed by atoms with Gasteiger partial charge in [-0.2, -0.15) is 0 Å². The molecule has 3 unspecified atom stereocenters. The molecule has 1 aliphatic rings. The van der Waals surface area contributed by atoms with Gasteiger partial charge < -0.3 is 5.73 Å². The van der Waals surface area contributed by atoms with Gasteiger partial charge in [0.15, 0.2) is 0 Å². The first-order valence-corrected chi connectivity index (χ1v) is 7.39. The Morgan fingerprint density at radius 1 is 1.37 bits per heavy atom. The molecule has 1 saturated carbocycles. The highest BCUT2D eigenvalue weighted by Crippen LogP contribution is 2.40. The Hall–Kier alpha value is -0.930. The topological polar surface area (TPSA) is 42.1 Å². The fourth-order valence-corrected chi connectivity index (χ4v) is 3.57. The zero-order chi connectivity index (χ0) is 13.9. The second kappa shape index (κ2) is 6.02. The van der Waals surface area contributed by atoms with Crippen molar-refractivity contribution in [1.29, 1.82) is 0 Å². The summed E-state index contributed by atoms with van der Waals surface area (Å²) in [7, 11) is 2.20. The van der Waals surface area contributed by atoms with Crippen LogP contribution in [-0.2, 0) is 6.54 Å². The lowest BCUT2D eigenvalue weighted by atomic mass is 9.68. The summed E-state index contributed by atoms with van der Waals surface area (Å²) >= 11 is 0. The fourth-order valence-electron chi connectivity index (χ4n) is 3.57. The molecule has 3 atom stereocenters. The summed E-state index contributed by atoms with van der Waals surface area (Å²) in [4.78, 5) is 6.88. The smallest absolute Gasteiger partial charge is 0.0544 e. The number of nitrogens with zero attached hydrogens (tertiary/aromatic N) is 2. The second-order valence-electron chi connectivity index (χ2n) is 6.27. The van der Waals surface area contributed by atoms with Gasteiger partial charge in [-0.05, 0) is 43.9 Å². The number of pyridine rings is 1. The van der Waals surface area contributed by atoms with Crippen molar-refractivity contribution in [3.63, 3.8) is 0 Å². The third kappa shape index (κ3) is 2.98. The van der Waals surface area contributed by atoms with E-state index in [1.807, 2.05) is 12.3 Å². The maximum Gasteiger partial charge on any atom is 0.0544 e. The maximum atomic E-state index is 6.18. The average Bonchev–Trinajstić information content (AvgIpc) is 2.42. The van der Waals surface area contributed by atoms with Gasteiger partial charge in [0.2, 0.25) is 0 Å². The molecule has 2 N–H and O–H groups in total. The summed E-state index contributed by atoms with van der Waals surface area (Å²) in [5, 5.41) is 0. The molecule has 0 radical (unpaired) electrons. The molecule has 19 heavy (non-hydrogen) atoms. The van der Waals surface area contributed by atoms with Gasteiger partial charge in [-0.1, -0.05) is 26.3 Å². The lowest BCUT2D eigenvalue weighted by Crippen LogP contribution is -2.58. The molecule has 0 saturated heterocycles. The molecule has 3 nitrogen and oxygen atoms in total. The van der Waals surface area contributed by atoms with Crippen LogP contribution in [0, 0.1) is 11.8 Å². The van der Waals surface area contributed by atoms with Crippen LogP contribution < -0.4 is 5.73 Å². The Labute approximate surface area is 117 Å². The Kier molecular flexibility index (Phi) is 4.58. The first-order valence-electron chi connectivity index (χ1n) is 7.39. The SMILES string of the molecule is CC1CCC(C)C(CN)(N(C)Cc2ccccn2)C1. The molecular weight excluding hydrogens is 234 g/mol. The number of rotatable bonds is 4. The highest BCUT2D eigenvalue weighted by Gasteiger charge is 2.42. The summed E-state index contributed by atoms with van der Waals surface area (Å²) in [5.41, 5.74) is 7.45.